The lowest BCUT2D eigenvalue weighted by molar-refractivity contribution is 0.111. The van der Waals surface area contributed by atoms with Gasteiger partial charge in [-0.1, -0.05) is 61.0 Å². The molecule has 0 saturated carbocycles. The summed E-state index contributed by atoms with van der Waals surface area (Å²) in [6.07, 6.45) is 7.69. The molecule has 0 radical (unpaired) electrons. The first kappa shape index (κ1) is 32.2. The Morgan fingerprint density at radius 2 is 1.81 bits per heavy atom. The fourth-order valence-corrected chi connectivity index (χ4v) is 6.03. The summed E-state index contributed by atoms with van der Waals surface area (Å²) < 4.78 is 37.1. The number of sulfonamides is 1. The number of allylic oxidation sites excluding steroid dienone is 4. The van der Waals surface area contributed by atoms with E-state index >= 15 is 0 Å². The summed E-state index contributed by atoms with van der Waals surface area (Å²) >= 11 is 12.4. The van der Waals surface area contributed by atoms with Crippen molar-refractivity contribution < 1.29 is 23.0 Å². The second-order valence-corrected chi connectivity index (χ2v) is 13.5. The number of fused-ring (bicyclic) bond motifs is 1. The van der Waals surface area contributed by atoms with Gasteiger partial charge in [-0.15, -0.1) is 0 Å². The van der Waals surface area contributed by atoms with Crippen LogP contribution >= 0.6 is 23.2 Å². The SMILES string of the molecule is C=C(CCCC1=C(C(C)c2ccc(OCC(O)CNS(=O)(=O)CC)cc2)NC2C=CC(Cl)=CC12)Oc1ccc(Cl)cc1. The molecule has 0 fully saturated rings. The van der Waals surface area contributed by atoms with E-state index in [0.717, 1.165) is 35.6 Å². The number of aliphatic hydroxyl groups excluding tert-OH is 1. The van der Waals surface area contributed by atoms with Crippen LogP contribution in [0.2, 0.25) is 5.02 Å². The number of hydrogen-bond donors (Lipinski definition) is 3. The molecule has 0 aromatic heterocycles. The van der Waals surface area contributed by atoms with Crippen LogP contribution in [0.5, 0.6) is 11.5 Å². The number of nitrogens with one attached hydrogen (secondary N) is 2. The average Bonchev–Trinajstić information content (AvgIpc) is 3.33. The van der Waals surface area contributed by atoms with Gasteiger partial charge in [-0.05, 0) is 73.4 Å². The standard InChI is InChI=1S/C32H38Cl2N2O5S/c1-4-42(38,39)35-19-26(37)20-40-27-13-8-23(9-14-27)22(3)32-29(30-18-25(34)12-17-31(30)36-32)7-5-6-21(2)41-28-15-10-24(33)11-16-28/h8-18,22,26,30-31,35-37H,2,4-7,19-20H2,1,3H3. The molecule has 2 aromatic carbocycles. The second kappa shape index (κ2) is 14.6. The van der Waals surface area contributed by atoms with Crippen LogP contribution in [0.1, 0.15) is 44.6 Å². The van der Waals surface area contributed by atoms with Crippen molar-refractivity contribution in [3.8, 4) is 11.5 Å². The first-order valence-electron chi connectivity index (χ1n) is 14.1. The molecule has 0 bridgehead atoms. The highest BCUT2D eigenvalue weighted by atomic mass is 35.5. The fourth-order valence-electron chi connectivity index (χ4n) is 5.05. The predicted molar refractivity (Wildman–Crippen MR) is 169 cm³/mol. The summed E-state index contributed by atoms with van der Waals surface area (Å²) in [6.45, 7) is 7.71. The maximum absolute atomic E-state index is 11.6. The normalized spacial score (nSPS) is 19.5. The van der Waals surface area contributed by atoms with E-state index < -0.39 is 16.1 Å². The highest BCUT2D eigenvalue weighted by Gasteiger charge is 2.35. The lowest BCUT2D eigenvalue weighted by Crippen LogP contribution is -2.36. The third-order valence-corrected chi connectivity index (χ3v) is 9.28. The molecule has 0 saturated heterocycles. The van der Waals surface area contributed by atoms with E-state index in [4.69, 9.17) is 32.7 Å². The molecule has 226 valence electrons. The van der Waals surface area contributed by atoms with Gasteiger partial charge < -0.3 is 19.9 Å². The van der Waals surface area contributed by atoms with Crippen LogP contribution in [-0.2, 0) is 10.0 Å². The zero-order valence-electron chi connectivity index (χ0n) is 23.9. The molecule has 4 atom stereocenters. The Bertz CT molecular complexity index is 1440. The van der Waals surface area contributed by atoms with Gasteiger partial charge in [0.05, 0.1) is 17.6 Å². The van der Waals surface area contributed by atoms with Gasteiger partial charge in [0, 0.05) is 40.6 Å². The van der Waals surface area contributed by atoms with Gasteiger partial charge in [0.15, 0.2) is 0 Å². The van der Waals surface area contributed by atoms with Crippen LogP contribution in [-0.4, -0.2) is 44.6 Å². The Hall–Kier alpha value is -2.75. The van der Waals surface area contributed by atoms with Crippen molar-refractivity contribution in [1.82, 2.24) is 10.0 Å². The minimum Gasteiger partial charge on any atom is -0.491 e. The monoisotopic (exact) mass is 632 g/mol. The third-order valence-electron chi connectivity index (χ3n) is 7.41. The molecule has 4 unspecified atom stereocenters. The Morgan fingerprint density at radius 1 is 1.12 bits per heavy atom. The Kier molecular flexibility index (Phi) is 11.2. The van der Waals surface area contributed by atoms with Crippen molar-refractivity contribution in [2.45, 2.75) is 51.2 Å². The van der Waals surface area contributed by atoms with E-state index in [1.54, 1.807) is 19.1 Å². The van der Waals surface area contributed by atoms with Crippen molar-refractivity contribution in [1.29, 1.82) is 0 Å². The van der Waals surface area contributed by atoms with E-state index in [1.165, 1.54) is 11.3 Å². The first-order chi connectivity index (χ1) is 20.0. The minimum absolute atomic E-state index is 0.0200. The predicted octanol–water partition coefficient (Wildman–Crippen LogP) is 6.42. The molecular weight excluding hydrogens is 595 g/mol. The van der Waals surface area contributed by atoms with Crippen molar-refractivity contribution in [3.63, 3.8) is 0 Å². The zero-order chi connectivity index (χ0) is 30.3. The maximum atomic E-state index is 11.6. The van der Waals surface area contributed by atoms with Crippen LogP contribution in [0.3, 0.4) is 0 Å². The summed E-state index contributed by atoms with van der Waals surface area (Å²) in [5.74, 6) is 2.26. The smallest absolute Gasteiger partial charge is 0.211 e. The topological polar surface area (TPSA) is 96.9 Å². The molecule has 42 heavy (non-hydrogen) atoms. The third kappa shape index (κ3) is 8.88. The summed E-state index contributed by atoms with van der Waals surface area (Å²) in [5, 5.41) is 15.2. The lowest BCUT2D eigenvalue weighted by Gasteiger charge is -2.20. The molecule has 2 aromatic rings. The zero-order valence-corrected chi connectivity index (χ0v) is 26.2. The van der Waals surface area contributed by atoms with Crippen LogP contribution in [0, 0.1) is 5.92 Å². The van der Waals surface area contributed by atoms with Crippen LogP contribution in [0.25, 0.3) is 0 Å². The van der Waals surface area contributed by atoms with Gasteiger partial charge in [0.1, 0.15) is 24.2 Å². The van der Waals surface area contributed by atoms with Crippen molar-refractivity contribution in [2.75, 3.05) is 18.9 Å². The average molecular weight is 634 g/mol. The molecule has 1 aliphatic carbocycles. The summed E-state index contributed by atoms with van der Waals surface area (Å²) in [4.78, 5) is 0. The summed E-state index contributed by atoms with van der Waals surface area (Å²) in [6, 6.07) is 15.2. The highest BCUT2D eigenvalue weighted by molar-refractivity contribution is 7.89. The van der Waals surface area contributed by atoms with Crippen molar-refractivity contribution >= 4 is 33.2 Å². The number of hydrogen-bond acceptors (Lipinski definition) is 6. The molecule has 10 heteroatoms. The number of ether oxygens (including phenoxy) is 2. The molecular formula is C32H38Cl2N2O5S. The number of benzene rings is 2. The first-order valence-corrected chi connectivity index (χ1v) is 16.5. The maximum Gasteiger partial charge on any atom is 0.211 e. The molecule has 1 heterocycles. The van der Waals surface area contributed by atoms with Gasteiger partial charge in [-0.25, -0.2) is 13.1 Å². The molecule has 3 N–H and O–H groups in total. The highest BCUT2D eigenvalue weighted by Crippen LogP contribution is 2.41. The van der Waals surface area contributed by atoms with E-state index in [9.17, 15) is 13.5 Å². The van der Waals surface area contributed by atoms with Gasteiger partial charge in [-0.3, -0.25) is 0 Å². The molecule has 7 nitrogen and oxygen atoms in total. The van der Waals surface area contributed by atoms with E-state index in [-0.39, 0.29) is 36.8 Å². The van der Waals surface area contributed by atoms with Crippen LogP contribution in [0.4, 0.5) is 0 Å². The Morgan fingerprint density at radius 3 is 2.50 bits per heavy atom. The van der Waals surface area contributed by atoms with Crippen molar-refractivity contribution in [2.24, 2.45) is 5.92 Å². The Balaban J connectivity index is 1.39. The summed E-state index contributed by atoms with van der Waals surface area (Å²) in [5.41, 5.74) is 3.63. The lowest BCUT2D eigenvalue weighted by atomic mass is 9.85. The van der Waals surface area contributed by atoms with Gasteiger partial charge in [0.2, 0.25) is 10.0 Å². The fraction of sp³-hybridized carbons (Fsp3) is 0.375. The van der Waals surface area contributed by atoms with E-state index in [1.807, 2.05) is 42.5 Å². The van der Waals surface area contributed by atoms with Gasteiger partial charge >= 0.3 is 0 Å². The summed E-state index contributed by atoms with van der Waals surface area (Å²) in [7, 11) is -3.37. The number of halogens is 2. The molecule has 2 aliphatic rings. The van der Waals surface area contributed by atoms with Crippen LogP contribution in [0.15, 0.2) is 95.4 Å². The van der Waals surface area contributed by atoms with Crippen LogP contribution < -0.4 is 19.5 Å². The van der Waals surface area contributed by atoms with Gasteiger partial charge in [0.25, 0.3) is 0 Å². The van der Waals surface area contributed by atoms with Gasteiger partial charge in [-0.2, -0.15) is 0 Å². The molecule has 4 rings (SSSR count). The van der Waals surface area contributed by atoms with E-state index in [0.29, 0.717) is 16.5 Å². The minimum atomic E-state index is -3.37. The Labute approximate surface area is 259 Å². The molecule has 1 aliphatic heterocycles. The number of rotatable bonds is 15. The molecule has 0 spiro atoms. The van der Waals surface area contributed by atoms with E-state index in [2.05, 4.69) is 35.7 Å². The number of aliphatic hydroxyl groups is 1. The molecule has 0 amide bonds. The second-order valence-electron chi connectivity index (χ2n) is 10.5. The largest absolute Gasteiger partial charge is 0.491 e. The quantitative estimate of drug-likeness (QED) is 0.196. The van der Waals surface area contributed by atoms with Crippen molar-refractivity contribution in [3.05, 3.63) is 106 Å².